The number of halogens is 4. The summed E-state index contributed by atoms with van der Waals surface area (Å²) in [5.41, 5.74) is 3.93. The van der Waals surface area contributed by atoms with Gasteiger partial charge in [0, 0.05) is 17.1 Å². The molecule has 4 aromatic rings. The molecule has 0 atom stereocenters. The van der Waals surface area contributed by atoms with Crippen LogP contribution >= 0.6 is 11.6 Å². The molecule has 1 heterocycles. The molecule has 5 heteroatoms. The molecule has 0 bridgehead atoms. The predicted octanol–water partition coefficient (Wildman–Crippen LogP) is 8.10. The molecule has 1 aromatic heterocycles. The lowest BCUT2D eigenvalue weighted by molar-refractivity contribution is 0.579. The molecule has 0 spiro atoms. The summed E-state index contributed by atoms with van der Waals surface area (Å²) in [5.74, 6) is -1.92. The van der Waals surface area contributed by atoms with Crippen LogP contribution in [0.4, 0.5) is 13.2 Å². The van der Waals surface area contributed by atoms with Crippen molar-refractivity contribution in [3.8, 4) is 11.3 Å². The average molecular weight is 454 g/mol. The van der Waals surface area contributed by atoms with Crippen LogP contribution in [0.15, 0.2) is 60.8 Å². The third-order valence-electron chi connectivity index (χ3n) is 5.70. The van der Waals surface area contributed by atoms with Crippen molar-refractivity contribution >= 4 is 22.4 Å². The third-order valence-corrected chi connectivity index (χ3v) is 6.06. The van der Waals surface area contributed by atoms with E-state index in [0.717, 1.165) is 35.9 Å². The number of nitrogens with zero attached hydrogens (tertiary/aromatic N) is 1. The fourth-order valence-corrected chi connectivity index (χ4v) is 3.95. The summed E-state index contributed by atoms with van der Waals surface area (Å²) >= 11 is 5.53. The molecule has 164 valence electrons. The second kappa shape index (κ2) is 9.74. The topological polar surface area (TPSA) is 12.9 Å². The highest BCUT2D eigenvalue weighted by molar-refractivity contribution is 6.30. The lowest BCUT2D eigenvalue weighted by Gasteiger charge is -2.10. The van der Waals surface area contributed by atoms with E-state index >= 15 is 4.39 Å². The summed E-state index contributed by atoms with van der Waals surface area (Å²) in [7, 11) is 0. The zero-order chi connectivity index (χ0) is 22.7. The van der Waals surface area contributed by atoms with Gasteiger partial charge in [-0.1, -0.05) is 55.3 Å². The van der Waals surface area contributed by atoms with E-state index in [0.29, 0.717) is 29.4 Å². The summed E-state index contributed by atoms with van der Waals surface area (Å²) in [6.07, 6.45) is 5.84. The Balaban J connectivity index is 1.54. The van der Waals surface area contributed by atoms with Crippen molar-refractivity contribution in [3.05, 3.63) is 100.0 Å². The van der Waals surface area contributed by atoms with Crippen molar-refractivity contribution in [1.29, 1.82) is 0 Å². The van der Waals surface area contributed by atoms with Gasteiger partial charge in [0.05, 0.1) is 5.69 Å². The second-order valence-electron chi connectivity index (χ2n) is 8.00. The number of rotatable bonds is 7. The first-order valence-corrected chi connectivity index (χ1v) is 11.1. The Morgan fingerprint density at radius 3 is 2.28 bits per heavy atom. The van der Waals surface area contributed by atoms with E-state index in [4.69, 9.17) is 11.6 Å². The maximum absolute atomic E-state index is 15.1. The Hall–Kier alpha value is -2.85. The van der Waals surface area contributed by atoms with Crippen LogP contribution < -0.4 is 0 Å². The van der Waals surface area contributed by atoms with E-state index in [1.165, 1.54) is 17.7 Å². The molecule has 0 aliphatic carbocycles. The maximum atomic E-state index is 15.1. The van der Waals surface area contributed by atoms with Crippen LogP contribution in [0.5, 0.6) is 0 Å². The number of unbranched alkanes of at least 4 members (excludes halogenated alkanes) is 1. The number of hydrogen-bond donors (Lipinski definition) is 0. The molecule has 32 heavy (non-hydrogen) atoms. The standard InChI is InChI=1S/C27H23ClF3N/c1-2-3-4-17-6-12-25(32-16-17)21-10-11-22-20(15-21)9-8-19(27(22)31)7-5-18-13-23(29)26(28)24(30)14-18/h6,8-16H,2-5,7H2,1H3. The molecule has 0 amide bonds. The molecule has 0 saturated heterocycles. The molecule has 0 unspecified atom stereocenters. The van der Waals surface area contributed by atoms with Crippen molar-refractivity contribution < 1.29 is 13.2 Å². The van der Waals surface area contributed by atoms with Gasteiger partial charge >= 0.3 is 0 Å². The van der Waals surface area contributed by atoms with E-state index in [9.17, 15) is 8.78 Å². The number of fused-ring (bicyclic) bond motifs is 1. The van der Waals surface area contributed by atoms with Crippen LogP contribution in [0.2, 0.25) is 5.02 Å². The first-order valence-electron chi connectivity index (χ1n) is 10.8. The van der Waals surface area contributed by atoms with Gasteiger partial charge in [-0.05, 0) is 72.0 Å². The SMILES string of the molecule is CCCCc1ccc(-c2ccc3c(F)c(CCc4cc(F)c(Cl)c(F)c4)ccc3c2)nc1. The Labute approximate surface area is 190 Å². The van der Waals surface area contributed by atoms with E-state index in [-0.39, 0.29) is 5.82 Å². The molecule has 4 rings (SSSR count). The number of benzene rings is 3. The van der Waals surface area contributed by atoms with Crippen molar-refractivity contribution in [1.82, 2.24) is 4.98 Å². The lowest BCUT2D eigenvalue weighted by atomic mass is 9.98. The van der Waals surface area contributed by atoms with Crippen molar-refractivity contribution in [2.45, 2.75) is 39.0 Å². The number of hydrogen-bond acceptors (Lipinski definition) is 1. The Bertz CT molecular complexity index is 1230. The van der Waals surface area contributed by atoms with Crippen LogP contribution in [0.25, 0.3) is 22.0 Å². The Morgan fingerprint density at radius 1 is 0.812 bits per heavy atom. The normalized spacial score (nSPS) is 11.3. The van der Waals surface area contributed by atoms with E-state index < -0.39 is 16.7 Å². The summed E-state index contributed by atoms with van der Waals surface area (Å²) in [6.45, 7) is 2.17. The van der Waals surface area contributed by atoms with Gasteiger partial charge in [-0.2, -0.15) is 0 Å². The predicted molar refractivity (Wildman–Crippen MR) is 125 cm³/mol. The summed E-state index contributed by atoms with van der Waals surface area (Å²) in [6, 6.07) is 15.6. The highest BCUT2D eigenvalue weighted by atomic mass is 35.5. The van der Waals surface area contributed by atoms with Crippen LogP contribution in [0.1, 0.15) is 36.5 Å². The largest absolute Gasteiger partial charge is 0.256 e. The minimum Gasteiger partial charge on any atom is -0.256 e. The third kappa shape index (κ3) is 4.81. The van der Waals surface area contributed by atoms with Gasteiger partial charge in [-0.3, -0.25) is 4.98 Å². The number of pyridine rings is 1. The van der Waals surface area contributed by atoms with E-state index in [1.54, 1.807) is 12.1 Å². The van der Waals surface area contributed by atoms with E-state index in [1.807, 2.05) is 30.5 Å². The minimum atomic E-state index is -0.805. The molecule has 0 radical (unpaired) electrons. The van der Waals surface area contributed by atoms with Crippen LogP contribution in [0.3, 0.4) is 0 Å². The number of aryl methyl sites for hydroxylation is 3. The van der Waals surface area contributed by atoms with Gasteiger partial charge < -0.3 is 0 Å². The molecule has 0 saturated carbocycles. The highest BCUT2D eigenvalue weighted by Crippen LogP contribution is 2.28. The zero-order valence-corrected chi connectivity index (χ0v) is 18.5. The van der Waals surface area contributed by atoms with Gasteiger partial charge in [0.2, 0.25) is 0 Å². The van der Waals surface area contributed by atoms with Crippen molar-refractivity contribution in [2.24, 2.45) is 0 Å². The fraction of sp³-hybridized carbons (Fsp3) is 0.222. The van der Waals surface area contributed by atoms with Gasteiger partial charge in [0.1, 0.15) is 22.5 Å². The van der Waals surface area contributed by atoms with Crippen molar-refractivity contribution in [3.63, 3.8) is 0 Å². The average Bonchev–Trinajstić information content (AvgIpc) is 2.81. The number of aromatic nitrogens is 1. The van der Waals surface area contributed by atoms with Gasteiger partial charge in [-0.15, -0.1) is 0 Å². The molecular formula is C27H23ClF3N. The summed E-state index contributed by atoms with van der Waals surface area (Å²) in [4.78, 5) is 4.57. The Kier molecular flexibility index (Phi) is 6.80. The van der Waals surface area contributed by atoms with Crippen molar-refractivity contribution in [2.75, 3.05) is 0 Å². The van der Waals surface area contributed by atoms with Gasteiger partial charge in [0.25, 0.3) is 0 Å². The van der Waals surface area contributed by atoms with Gasteiger partial charge in [-0.25, -0.2) is 13.2 Å². The first-order chi connectivity index (χ1) is 15.5. The quantitative estimate of drug-likeness (QED) is 0.257. The zero-order valence-electron chi connectivity index (χ0n) is 17.8. The molecule has 1 nitrogen and oxygen atoms in total. The molecule has 3 aromatic carbocycles. The molecule has 0 aliphatic heterocycles. The maximum Gasteiger partial charge on any atom is 0.145 e. The second-order valence-corrected chi connectivity index (χ2v) is 8.38. The smallest absolute Gasteiger partial charge is 0.145 e. The summed E-state index contributed by atoms with van der Waals surface area (Å²) in [5, 5.41) is 0.773. The lowest BCUT2D eigenvalue weighted by Crippen LogP contribution is -1.98. The monoisotopic (exact) mass is 453 g/mol. The highest BCUT2D eigenvalue weighted by Gasteiger charge is 2.12. The fourth-order valence-electron chi connectivity index (χ4n) is 3.84. The summed E-state index contributed by atoms with van der Waals surface area (Å²) < 4.78 is 42.4. The molecule has 0 N–H and O–H groups in total. The molecule has 0 fully saturated rings. The van der Waals surface area contributed by atoms with E-state index in [2.05, 4.69) is 18.0 Å². The van der Waals surface area contributed by atoms with Crippen LogP contribution in [-0.2, 0) is 19.3 Å². The molecule has 0 aliphatic rings. The minimum absolute atomic E-state index is 0.305. The van der Waals surface area contributed by atoms with Crippen LogP contribution in [0, 0.1) is 17.5 Å². The Morgan fingerprint density at radius 2 is 1.59 bits per heavy atom. The molecular weight excluding hydrogens is 431 g/mol. The van der Waals surface area contributed by atoms with Gasteiger partial charge in [0.15, 0.2) is 0 Å². The van der Waals surface area contributed by atoms with Crippen LogP contribution in [-0.4, -0.2) is 4.98 Å². The first kappa shape index (κ1) is 22.3.